The fraction of sp³-hybridized carbons (Fsp3) is 0.222. The van der Waals surface area contributed by atoms with E-state index in [1.165, 1.54) is 0 Å². The molecule has 1 aliphatic heterocycles. The summed E-state index contributed by atoms with van der Waals surface area (Å²) >= 11 is 0. The molecule has 0 saturated carbocycles. The first-order valence-electron chi connectivity index (χ1n) is 8.16. The van der Waals surface area contributed by atoms with Crippen LogP contribution in [0.1, 0.15) is 29.3 Å². The minimum Gasteiger partial charge on any atom is -0.475 e. The number of nitrogens with one attached hydrogen (secondary N) is 1. The largest absolute Gasteiger partial charge is 0.475 e. The van der Waals surface area contributed by atoms with Gasteiger partial charge in [0.05, 0.1) is 22.9 Å². The van der Waals surface area contributed by atoms with Gasteiger partial charge >= 0.3 is 0 Å². The molecule has 7 heteroatoms. The van der Waals surface area contributed by atoms with E-state index in [1.807, 2.05) is 24.3 Å². The van der Waals surface area contributed by atoms with E-state index >= 15 is 0 Å². The summed E-state index contributed by atoms with van der Waals surface area (Å²) in [6, 6.07) is 11.2. The Hall–Kier alpha value is -3.22. The van der Waals surface area contributed by atoms with Crippen LogP contribution in [0.3, 0.4) is 0 Å². The molecule has 4 rings (SSSR count). The zero-order valence-electron chi connectivity index (χ0n) is 13.7. The molecule has 0 radical (unpaired) electrons. The Labute approximate surface area is 144 Å². The van der Waals surface area contributed by atoms with Crippen molar-refractivity contribution in [2.75, 3.05) is 11.9 Å². The average Bonchev–Trinajstić information content (AvgIpc) is 3.31. The normalized spacial score (nSPS) is 16.5. The van der Waals surface area contributed by atoms with Gasteiger partial charge < -0.3 is 10.1 Å². The number of carbonyl (C=O) groups excluding carboxylic acids is 1. The lowest BCUT2D eigenvalue weighted by atomic mass is 10.1. The van der Waals surface area contributed by atoms with Crippen molar-refractivity contribution in [3.63, 3.8) is 0 Å². The van der Waals surface area contributed by atoms with Gasteiger partial charge in [0.2, 0.25) is 5.90 Å². The number of benzene rings is 1. The number of aromatic nitrogens is 3. The van der Waals surface area contributed by atoms with E-state index < -0.39 is 0 Å². The summed E-state index contributed by atoms with van der Waals surface area (Å²) in [5.41, 5.74) is 2.40. The van der Waals surface area contributed by atoms with E-state index in [2.05, 4.69) is 27.4 Å². The molecule has 1 aromatic carbocycles. The molecule has 1 aliphatic rings. The summed E-state index contributed by atoms with van der Waals surface area (Å²) in [6.07, 6.45) is 4.28. The minimum absolute atomic E-state index is 0.170. The number of hydrogen-bond acceptors (Lipinski definition) is 5. The van der Waals surface area contributed by atoms with Crippen LogP contribution in [0.25, 0.3) is 5.65 Å². The predicted molar refractivity (Wildman–Crippen MR) is 94.0 cm³/mol. The van der Waals surface area contributed by atoms with Gasteiger partial charge in [-0.1, -0.05) is 19.1 Å². The van der Waals surface area contributed by atoms with Gasteiger partial charge in [-0.05, 0) is 30.7 Å². The molecule has 0 unspecified atom stereocenters. The first kappa shape index (κ1) is 15.3. The third-order valence-electron chi connectivity index (χ3n) is 4.16. The van der Waals surface area contributed by atoms with Gasteiger partial charge in [-0.25, -0.2) is 4.99 Å². The summed E-state index contributed by atoms with van der Waals surface area (Å²) in [5, 5.41) is 10.8. The van der Waals surface area contributed by atoms with Crippen LogP contribution in [-0.4, -0.2) is 39.1 Å². The van der Waals surface area contributed by atoms with E-state index in [4.69, 9.17) is 4.74 Å². The standard InChI is InChI=1S/C18H17N5O2/c1-2-12-10-25-18(20-12)13-6-3-4-8-15(13)21-17(24)14-7-5-9-23-11-19-22-16(14)23/h3-9,11-12H,2,10H2,1H3,(H,21,24)/t12-/m1/s1. The average molecular weight is 335 g/mol. The van der Waals surface area contributed by atoms with Crippen LogP contribution < -0.4 is 5.32 Å². The number of fused-ring (bicyclic) bond motifs is 1. The molecule has 126 valence electrons. The van der Waals surface area contributed by atoms with Crippen molar-refractivity contribution < 1.29 is 9.53 Å². The van der Waals surface area contributed by atoms with Gasteiger partial charge in [0.25, 0.3) is 5.91 Å². The number of rotatable bonds is 4. The summed E-state index contributed by atoms with van der Waals surface area (Å²) in [5.74, 6) is 0.320. The smallest absolute Gasteiger partial charge is 0.259 e. The second-order valence-electron chi connectivity index (χ2n) is 5.79. The molecule has 0 saturated heterocycles. The Morgan fingerprint density at radius 2 is 2.20 bits per heavy atom. The monoisotopic (exact) mass is 335 g/mol. The van der Waals surface area contributed by atoms with E-state index in [-0.39, 0.29) is 11.9 Å². The Balaban J connectivity index is 1.65. The number of ether oxygens (including phenoxy) is 1. The highest BCUT2D eigenvalue weighted by molar-refractivity contribution is 6.11. The first-order chi connectivity index (χ1) is 12.3. The molecule has 1 atom stereocenters. The van der Waals surface area contributed by atoms with Crippen LogP contribution in [0.5, 0.6) is 0 Å². The van der Waals surface area contributed by atoms with Gasteiger partial charge in [0.15, 0.2) is 5.65 Å². The fourth-order valence-electron chi connectivity index (χ4n) is 2.77. The van der Waals surface area contributed by atoms with Crippen LogP contribution in [0.2, 0.25) is 0 Å². The molecule has 1 amide bonds. The molecule has 3 heterocycles. The van der Waals surface area contributed by atoms with Crippen LogP contribution in [0.4, 0.5) is 5.69 Å². The Kier molecular flexibility index (Phi) is 3.89. The number of anilines is 1. The number of aliphatic imine (C=N–C) groups is 1. The van der Waals surface area contributed by atoms with Crippen LogP contribution in [-0.2, 0) is 4.74 Å². The summed E-state index contributed by atoms with van der Waals surface area (Å²) in [4.78, 5) is 17.3. The molecule has 7 nitrogen and oxygen atoms in total. The number of pyridine rings is 1. The lowest BCUT2D eigenvalue weighted by Crippen LogP contribution is -2.16. The number of amides is 1. The third kappa shape index (κ3) is 2.84. The molecule has 25 heavy (non-hydrogen) atoms. The maximum atomic E-state index is 12.7. The van der Waals surface area contributed by atoms with Crippen LogP contribution in [0, 0.1) is 0 Å². The van der Waals surface area contributed by atoms with E-state index in [0.29, 0.717) is 29.4 Å². The molecule has 0 fully saturated rings. The highest BCUT2D eigenvalue weighted by Crippen LogP contribution is 2.22. The minimum atomic E-state index is -0.253. The molecule has 1 N–H and O–H groups in total. The summed E-state index contributed by atoms with van der Waals surface area (Å²) in [6.45, 7) is 2.65. The highest BCUT2D eigenvalue weighted by atomic mass is 16.5. The second-order valence-corrected chi connectivity index (χ2v) is 5.79. The number of para-hydroxylation sites is 1. The number of hydrogen-bond donors (Lipinski definition) is 1. The van der Waals surface area contributed by atoms with E-state index in [0.717, 1.165) is 12.0 Å². The van der Waals surface area contributed by atoms with Crippen molar-refractivity contribution in [2.24, 2.45) is 4.99 Å². The summed E-state index contributed by atoms with van der Waals surface area (Å²) in [7, 11) is 0. The van der Waals surface area contributed by atoms with Crippen molar-refractivity contribution in [3.05, 3.63) is 60.0 Å². The van der Waals surface area contributed by atoms with Crippen molar-refractivity contribution in [1.29, 1.82) is 0 Å². The van der Waals surface area contributed by atoms with Gasteiger partial charge in [0.1, 0.15) is 12.9 Å². The quantitative estimate of drug-likeness (QED) is 0.794. The maximum Gasteiger partial charge on any atom is 0.259 e. The number of carbonyl (C=O) groups is 1. The fourth-order valence-corrected chi connectivity index (χ4v) is 2.77. The lowest BCUT2D eigenvalue weighted by Gasteiger charge is -2.11. The molecule has 0 aliphatic carbocycles. The second kappa shape index (κ2) is 6.35. The van der Waals surface area contributed by atoms with Crippen LogP contribution >= 0.6 is 0 Å². The van der Waals surface area contributed by atoms with Crippen LogP contribution in [0.15, 0.2) is 53.9 Å². The van der Waals surface area contributed by atoms with Crippen molar-refractivity contribution >= 4 is 23.1 Å². The Bertz CT molecular complexity index is 963. The predicted octanol–water partition coefficient (Wildman–Crippen LogP) is 2.54. The Morgan fingerprint density at radius 3 is 3.04 bits per heavy atom. The van der Waals surface area contributed by atoms with Crippen molar-refractivity contribution in [3.8, 4) is 0 Å². The molecular weight excluding hydrogens is 318 g/mol. The Morgan fingerprint density at radius 1 is 1.32 bits per heavy atom. The van der Waals surface area contributed by atoms with E-state index in [1.54, 1.807) is 29.1 Å². The van der Waals surface area contributed by atoms with Crippen molar-refractivity contribution in [2.45, 2.75) is 19.4 Å². The van der Waals surface area contributed by atoms with Gasteiger partial charge in [-0.2, -0.15) is 0 Å². The molecular formula is C18H17N5O2. The van der Waals surface area contributed by atoms with Gasteiger partial charge in [-0.15, -0.1) is 10.2 Å². The molecule has 2 aromatic heterocycles. The van der Waals surface area contributed by atoms with Gasteiger partial charge in [-0.3, -0.25) is 9.20 Å². The zero-order chi connectivity index (χ0) is 17.2. The first-order valence-corrected chi connectivity index (χ1v) is 8.16. The maximum absolute atomic E-state index is 12.7. The van der Waals surface area contributed by atoms with E-state index in [9.17, 15) is 4.79 Å². The molecule has 0 bridgehead atoms. The summed E-state index contributed by atoms with van der Waals surface area (Å²) < 4.78 is 7.41. The molecule has 0 spiro atoms. The molecule has 3 aromatic rings. The third-order valence-corrected chi connectivity index (χ3v) is 4.16. The lowest BCUT2D eigenvalue weighted by molar-refractivity contribution is 0.102. The van der Waals surface area contributed by atoms with Gasteiger partial charge in [0, 0.05) is 6.20 Å². The SMILES string of the molecule is CC[C@@H]1COC(c2ccccc2NC(=O)c2cccn3cnnc23)=N1. The van der Waals surface area contributed by atoms with Crippen molar-refractivity contribution in [1.82, 2.24) is 14.6 Å². The highest BCUT2D eigenvalue weighted by Gasteiger charge is 2.22. The zero-order valence-corrected chi connectivity index (χ0v) is 13.7. The number of nitrogens with zero attached hydrogens (tertiary/aromatic N) is 4. The topological polar surface area (TPSA) is 80.9 Å².